The molecule has 24 heavy (non-hydrogen) atoms. The van der Waals surface area contributed by atoms with Crippen LogP contribution in [0.25, 0.3) is 38.3 Å². The van der Waals surface area contributed by atoms with Gasteiger partial charge in [0.25, 0.3) is 0 Å². The van der Waals surface area contributed by atoms with Crippen LogP contribution in [-0.4, -0.2) is 4.57 Å². The molecule has 0 bridgehead atoms. The number of aromatic nitrogens is 1. The molecule has 1 aromatic heterocycles. The lowest BCUT2D eigenvalue weighted by Crippen LogP contribution is -1.95. The van der Waals surface area contributed by atoms with E-state index in [4.69, 9.17) is 0 Å². The monoisotopic (exact) mass is 307 g/mol. The van der Waals surface area contributed by atoms with Gasteiger partial charge in [-0.1, -0.05) is 60.7 Å². The van der Waals surface area contributed by atoms with Crippen molar-refractivity contribution in [3.05, 3.63) is 90.5 Å². The van der Waals surface area contributed by atoms with E-state index in [1.54, 1.807) is 0 Å². The van der Waals surface area contributed by atoms with Gasteiger partial charge in [-0.05, 0) is 47.5 Å². The van der Waals surface area contributed by atoms with Gasteiger partial charge >= 0.3 is 0 Å². The second-order valence-corrected chi connectivity index (χ2v) is 6.35. The molecule has 1 heterocycles. The van der Waals surface area contributed by atoms with E-state index in [0.717, 1.165) is 0 Å². The van der Waals surface area contributed by atoms with Crippen LogP contribution in [0.3, 0.4) is 0 Å². The third kappa shape index (κ3) is 1.82. The normalized spacial score (nSPS) is 11.5. The largest absolute Gasteiger partial charge is 0.309 e. The number of benzene rings is 4. The minimum absolute atomic E-state index is 1.23. The summed E-state index contributed by atoms with van der Waals surface area (Å²) in [5, 5.41) is 5.22. The van der Waals surface area contributed by atoms with Crippen LogP contribution in [0.5, 0.6) is 0 Å². The molecule has 0 aliphatic heterocycles. The van der Waals surface area contributed by atoms with Gasteiger partial charge in [0.2, 0.25) is 0 Å². The molecule has 1 heteroatoms. The molecule has 0 saturated heterocycles. The fourth-order valence-corrected chi connectivity index (χ4v) is 3.81. The molecule has 0 saturated carbocycles. The van der Waals surface area contributed by atoms with Gasteiger partial charge in [-0.2, -0.15) is 0 Å². The molecule has 0 aliphatic carbocycles. The minimum Gasteiger partial charge on any atom is -0.309 e. The topological polar surface area (TPSA) is 4.93 Å². The Morgan fingerprint density at radius 3 is 1.79 bits per heavy atom. The van der Waals surface area contributed by atoms with E-state index in [-0.39, 0.29) is 0 Å². The van der Waals surface area contributed by atoms with Gasteiger partial charge in [0.15, 0.2) is 0 Å². The quantitative estimate of drug-likeness (QED) is 0.345. The summed E-state index contributed by atoms with van der Waals surface area (Å²) >= 11 is 0. The molecular weight excluding hydrogens is 290 g/mol. The lowest BCUT2D eigenvalue weighted by molar-refractivity contribution is 1.18. The van der Waals surface area contributed by atoms with E-state index in [1.807, 2.05) is 0 Å². The molecule has 1 nitrogen and oxygen atoms in total. The van der Waals surface area contributed by atoms with Gasteiger partial charge in [0.1, 0.15) is 0 Å². The number of aryl methyl sites for hydroxylation is 1. The standard InChI is InChI=1S/C23H17N/c1-16-14-18(15-17-8-2-3-9-19(16)17)24-22-12-6-4-10-20(22)21-11-5-7-13-23(21)24/h2-15H,1H3. The Morgan fingerprint density at radius 1 is 0.583 bits per heavy atom. The summed E-state index contributed by atoms with van der Waals surface area (Å²) in [4.78, 5) is 0. The highest BCUT2D eigenvalue weighted by Gasteiger charge is 2.12. The van der Waals surface area contributed by atoms with E-state index in [1.165, 1.54) is 43.8 Å². The second kappa shape index (κ2) is 4.97. The zero-order valence-corrected chi connectivity index (χ0v) is 13.5. The first kappa shape index (κ1) is 13.4. The molecule has 0 spiro atoms. The summed E-state index contributed by atoms with van der Waals surface area (Å²) < 4.78 is 2.38. The molecule has 0 aliphatic rings. The van der Waals surface area contributed by atoms with Gasteiger partial charge in [-0.15, -0.1) is 0 Å². The number of nitrogens with zero attached hydrogens (tertiary/aromatic N) is 1. The maximum atomic E-state index is 2.38. The SMILES string of the molecule is Cc1cc(-n2c3ccccc3c3ccccc32)cc2ccccc12. The number of para-hydroxylation sites is 2. The zero-order chi connectivity index (χ0) is 16.1. The van der Waals surface area contributed by atoms with E-state index < -0.39 is 0 Å². The van der Waals surface area contributed by atoms with Crippen LogP contribution in [0.4, 0.5) is 0 Å². The molecule has 5 aromatic rings. The van der Waals surface area contributed by atoms with Gasteiger partial charge in [-0.25, -0.2) is 0 Å². The van der Waals surface area contributed by atoms with Crippen molar-refractivity contribution in [3.8, 4) is 5.69 Å². The summed E-state index contributed by atoms with van der Waals surface area (Å²) in [5.41, 5.74) is 5.05. The van der Waals surface area contributed by atoms with Crippen molar-refractivity contribution in [3.63, 3.8) is 0 Å². The molecule has 0 fully saturated rings. The maximum Gasteiger partial charge on any atom is 0.0541 e. The smallest absolute Gasteiger partial charge is 0.0541 e. The van der Waals surface area contributed by atoms with Crippen molar-refractivity contribution in [2.45, 2.75) is 6.92 Å². The molecule has 114 valence electrons. The average molecular weight is 307 g/mol. The van der Waals surface area contributed by atoms with Crippen molar-refractivity contribution in [2.75, 3.05) is 0 Å². The minimum atomic E-state index is 1.23. The Morgan fingerprint density at radius 2 is 1.12 bits per heavy atom. The summed E-state index contributed by atoms with van der Waals surface area (Å²) in [7, 11) is 0. The van der Waals surface area contributed by atoms with Gasteiger partial charge in [0, 0.05) is 16.5 Å². The zero-order valence-electron chi connectivity index (χ0n) is 13.5. The van der Waals surface area contributed by atoms with E-state index in [9.17, 15) is 0 Å². The highest BCUT2D eigenvalue weighted by atomic mass is 15.0. The fraction of sp³-hybridized carbons (Fsp3) is 0.0435. The molecule has 5 rings (SSSR count). The average Bonchev–Trinajstić information content (AvgIpc) is 2.96. The van der Waals surface area contributed by atoms with E-state index in [2.05, 4.69) is 96.4 Å². The first-order chi connectivity index (χ1) is 11.8. The van der Waals surface area contributed by atoms with Crippen LogP contribution in [-0.2, 0) is 0 Å². The van der Waals surface area contributed by atoms with Crippen LogP contribution in [0.2, 0.25) is 0 Å². The second-order valence-electron chi connectivity index (χ2n) is 6.35. The van der Waals surface area contributed by atoms with Gasteiger partial charge < -0.3 is 4.57 Å². The molecule has 4 aromatic carbocycles. The molecular formula is C23H17N. The summed E-state index contributed by atoms with van der Waals surface area (Å²) in [6.45, 7) is 2.19. The van der Waals surface area contributed by atoms with Gasteiger partial charge in [0.05, 0.1) is 11.0 Å². The Balaban J connectivity index is 1.95. The lowest BCUT2D eigenvalue weighted by atomic mass is 10.0. The highest BCUT2D eigenvalue weighted by Crippen LogP contribution is 2.33. The molecule has 0 amide bonds. The van der Waals surface area contributed by atoms with Crippen LogP contribution in [0.1, 0.15) is 5.56 Å². The maximum absolute atomic E-state index is 2.38. The Kier molecular flexibility index (Phi) is 2.77. The Bertz CT molecular complexity index is 1160. The van der Waals surface area contributed by atoms with Crippen molar-refractivity contribution in [2.24, 2.45) is 0 Å². The molecule has 0 atom stereocenters. The van der Waals surface area contributed by atoms with E-state index in [0.29, 0.717) is 0 Å². The highest BCUT2D eigenvalue weighted by molar-refractivity contribution is 6.09. The first-order valence-electron chi connectivity index (χ1n) is 8.31. The third-order valence-electron chi connectivity index (χ3n) is 4.89. The molecule has 0 N–H and O–H groups in total. The van der Waals surface area contributed by atoms with Crippen LogP contribution < -0.4 is 0 Å². The van der Waals surface area contributed by atoms with Crippen LogP contribution >= 0.6 is 0 Å². The first-order valence-corrected chi connectivity index (χ1v) is 8.31. The van der Waals surface area contributed by atoms with Crippen molar-refractivity contribution in [1.82, 2.24) is 4.57 Å². The van der Waals surface area contributed by atoms with Crippen molar-refractivity contribution in [1.29, 1.82) is 0 Å². The summed E-state index contributed by atoms with van der Waals surface area (Å²) in [5.74, 6) is 0. The van der Waals surface area contributed by atoms with Crippen molar-refractivity contribution < 1.29 is 0 Å². The van der Waals surface area contributed by atoms with Crippen LogP contribution in [0.15, 0.2) is 84.9 Å². The lowest BCUT2D eigenvalue weighted by Gasteiger charge is -2.11. The number of rotatable bonds is 1. The number of hydrogen-bond acceptors (Lipinski definition) is 0. The Hall–Kier alpha value is -3.06. The predicted molar refractivity (Wildman–Crippen MR) is 103 cm³/mol. The van der Waals surface area contributed by atoms with Crippen LogP contribution in [0, 0.1) is 6.92 Å². The van der Waals surface area contributed by atoms with E-state index >= 15 is 0 Å². The summed E-state index contributed by atoms with van der Waals surface area (Å²) in [6, 6.07) is 30.5. The predicted octanol–water partition coefficient (Wildman–Crippen LogP) is 6.25. The number of fused-ring (bicyclic) bond motifs is 4. The summed E-state index contributed by atoms with van der Waals surface area (Å²) in [6.07, 6.45) is 0. The molecule has 0 unspecified atom stereocenters. The molecule has 0 radical (unpaired) electrons. The fourth-order valence-electron chi connectivity index (χ4n) is 3.81. The van der Waals surface area contributed by atoms with Crippen molar-refractivity contribution >= 4 is 32.6 Å². The Labute approximate surface area is 140 Å². The third-order valence-corrected chi connectivity index (χ3v) is 4.89. The van der Waals surface area contributed by atoms with Gasteiger partial charge in [-0.3, -0.25) is 0 Å². The number of hydrogen-bond donors (Lipinski definition) is 0.